The lowest BCUT2D eigenvalue weighted by molar-refractivity contribution is 0.157. The van der Waals surface area contributed by atoms with Crippen molar-refractivity contribution in [2.75, 3.05) is 13.2 Å². The van der Waals surface area contributed by atoms with Gasteiger partial charge in [0.25, 0.3) is 0 Å². The highest BCUT2D eigenvalue weighted by Crippen LogP contribution is 2.21. The number of amides is 2. The summed E-state index contributed by atoms with van der Waals surface area (Å²) >= 11 is 0. The molecule has 2 aromatic rings. The van der Waals surface area contributed by atoms with Crippen LogP contribution in [-0.2, 0) is 6.54 Å². The predicted molar refractivity (Wildman–Crippen MR) is 96.7 cm³/mol. The Bertz CT molecular complexity index is 711. The molecule has 2 heterocycles. The molecule has 1 aromatic carbocycles. The maximum Gasteiger partial charge on any atom is 0.317 e. The van der Waals surface area contributed by atoms with E-state index in [2.05, 4.69) is 19.2 Å². The van der Waals surface area contributed by atoms with Crippen molar-refractivity contribution < 1.29 is 9.90 Å². The number of carbonyl (C=O) groups excluding carboxylic acids is 1. The first-order chi connectivity index (χ1) is 12.1. The molecule has 2 amide bonds. The number of carbonyl (C=O) groups is 1. The van der Waals surface area contributed by atoms with Gasteiger partial charge in [-0.2, -0.15) is 5.10 Å². The molecule has 3 rings (SSSR count). The standard InChI is InChI=1S/C19H26N4O2/c1-14(2)18-15(12-23(21-18)16-7-4-3-5-8-16)11-20-19(25)22-10-6-9-17(22)13-24/h3-5,7-8,12,14,17,24H,6,9-11,13H2,1-2H3,(H,20,25)/t17-/m0/s1. The van der Waals surface area contributed by atoms with E-state index < -0.39 is 0 Å². The molecule has 1 aliphatic rings. The zero-order valence-electron chi connectivity index (χ0n) is 14.9. The molecule has 6 heteroatoms. The van der Waals surface area contributed by atoms with Crippen molar-refractivity contribution in [1.82, 2.24) is 20.0 Å². The van der Waals surface area contributed by atoms with Gasteiger partial charge in [-0.25, -0.2) is 9.48 Å². The molecule has 25 heavy (non-hydrogen) atoms. The normalized spacial score (nSPS) is 17.3. The van der Waals surface area contributed by atoms with Crippen LogP contribution in [0.1, 0.15) is 43.9 Å². The van der Waals surface area contributed by atoms with Gasteiger partial charge in [0.05, 0.1) is 24.0 Å². The fourth-order valence-corrected chi connectivity index (χ4v) is 3.32. The van der Waals surface area contributed by atoms with Crippen LogP contribution in [0.15, 0.2) is 36.5 Å². The molecular weight excluding hydrogens is 316 g/mol. The van der Waals surface area contributed by atoms with Crippen molar-refractivity contribution >= 4 is 6.03 Å². The van der Waals surface area contributed by atoms with Crippen molar-refractivity contribution in [3.05, 3.63) is 47.8 Å². The number of hydrogen-bond acceptors (Lipinski definition) is 3. The van der Waals surface area contributed by atoms with Gasteiger partial charge in [-0.15, -0.1) is 0 Å². The summed E-state index contributed by atoms with van der Waals surface area (Å²) in [6.07, 6.45) is 3.80. The van der Waals surface area contributed by atoms with Crippen LogP contribution in [0.4, 0.5) is 4.79 Å². The van der Waals surface area contributed by atoms with Crippen LogP contribution in [0.5, 0.6) is 0 Å². The predicted octanol–water partition coefficient (Wildman–Crippen LogP) is 2.66. The topological polar surface area (TPSA) is 70.4 Å². The third kappa shape index (κ3) is 3.85. The average molecular weight is 342 g/mol. The van der Waals surface area contributed by atoms with Crippen molar-refractivity contribution in [3.8, 4) is 5.69 Å². The highest BCUT2D eigenvalue weighted by molar-refractivity contribution is 5.74. The summed E-state index contributed by atoms with van der Waals surface area (Å²) in [5, 5.41) is 17.1. The summed E-state index contributed by atoms with van der Waals surface area (Å²) in [7, 11) is 0. The van der Waals surface area contributed by atoms with Gasteiger partial charge in [0, 0.05) is 24.8 Å². The fraction of sp³-hybridized carbons (Fsp3) is 0.474. The lowest BCUT2D eigenvalue weighted by Crippen LogP contribution is -2.43. The van der Waals surface area contributed by atoms with Gasteiger partial charge in [0.15, 0.2) is 0 Å². The maximum absolute atomic E-state index is 12.4. The first kappa shape index (κ1) is 17.5. The largest absolute Gasteiger partial charge is 0.394 e. The fourth-order valence-electron chi connectivity index (χ4n) is 3.32. The molecule has 0 bridgehead atoms. The smallest absolute Gasteiger partial charge is 0.317 e. The molecule has 0 saturated carbocycles. The van der Waals surface area contributed by atoms with Crippen LogP contribution >= 0.6 is 0 Å². The van der Waals surface area contributed by atoms with Gasteiger partial charge in [-0.3, -0.25) is 0 Å². The summed E-state index contributed by atoms with van der Waals surface area (Å²) in [4.78, 5) is 14.2. The number of para-hydroxylation sites is 1. The van der Waals surface area contributed by atoms with Crippen LogP contribution in [0.25, 0.3) is 5.69 Å². The molecule has 1 aromatic heterocycles. The van der Waals surface area contributed by atoms with Gasteiger partial charge in [0.1, 0.15) is 0 Å². The molecular formula is C19H26N4O2. The number of aromatic nitrogens is 2. The Labute approximate surface area is 148 Å². The van der Waals surface area contributed by atoms with Gasteiger partial charge in [-0.1, -0.05) is 32.0 Å². The second-order valence-electron chi connectivity index (χ2n) is 6.81. The minimum Gasteiger partial charge on any atom is -0.394 e. The maximum atomic E-state index is 12.4. The molecule has 1 atom stereocenters. The zero-order valence-corrected chi connectivity index (χ0v) is 14.9. The van der Waals surface area contributed by atoms with Gasteiger partial charge < -0.3 is 15.3 Å². The second-order valence-corrected chi connectivity index (χ2v) is 6.81. The number of nitrogens with one attached hydrogen (secondary N) is 1. The number of hydrogen-bond donors (Lipinski definition) is 2. The summed E-state index contributed by atoms with van der Waals surface area (Å²) in [5.74, 6) is 0.272. The quantitative estimate of drug-likeness (QED) is 0.877. The van der Waals surface area contributed by atoms with E-state index in [1.54, 1.807) is 4.90 Å². The zero-order chi connectivity index (χ0) is 17.8. The summed E-state index contributed by atoms with van der Waals surface area (Å²) in [6, 6.07) is 9.79. The molecule has 1 aliphatic heterocycles. The molecule has 0 spiro atoms. The number of rotatable bonds is 5. The molecule has 0 unspecified atom stereocenters. The minimum absolute atomic E-state index is 0.0244. The minimum atomic E-state index is -0.112. The second kappa shape index (κ2) is 7.70. The number of nitrogens with zero attached hydrogens (tertiary/aromatic N) is 3. The van der Waals surface area contributed by atoms with Gasteiger partial charge in [0.2, 0.25) is 0 Å². The number of aliphatic hydroxyl groups is 1. The SMILES string of the molecule is CC(C)c1nn(-c2ccccc2)cc1CNC(=O)N1CCC[C@H]1CO. The first-order valence-electron chi connectivity index (χ1n) is 8.89. The first-order valence-corrected chi connectivity index (χ1v) is 8.89. The Morgan fingerprint density at radius 3 is 2.80 bits per heavy atom. The van der Waals surface area contributed by atoms with Crippen LogP contribution < -0.4 is 5.32 Å². The number of benzene rings is 1. The van der Waals surface area contributed by atoms with Gasteiger partial charge in [-0.05, 0) is 30.9 Å². The Balaban J connectivity index is 1.73. The summed E-state index contributed by atoms with van der Waals surface area (Å²) < 4.78 is 1.86. The van der Waals surface area contributed by atoms with Crippen LogP contribution in [-0.4, -0.2) is 45.0 Å². The lowest BCUT2D eigenvalue weighted by atomic mass is 10.1. The Morgan fingerprint density at radius 1 is 1.36 bits per heavy atom. The lowest BCUT2D eigenvalue weighted by Gasteiger charge is -2.23. The van der Waals surface area contributed by atoms with E-state index >= 15 is 0 Å². The third-order valence-corrected chi connectivity index (χ3v) is 4.67. The molecule has 0 radical (unpaired) electrons. The summed E-state index contributed by atoms with van der Waals surface area (Å²) in [6.45, 7) is 5.37. The molecule has 6 nitrogen and oxygen atoms in total. The van der Waals surface area contributed by atoms with Crippen LogP contribution in [0.3, 0.4) is 0 Å². The molecule has 1 fully saturated rings. The highest BCUT2D eigenvalue weighted by atomic mass is 16.3. The highest BCUT2D eigenvalue weighted by Gasteiger charge is 2.28. The van der Waals surface area contributed by atoms with Crippen molar-refractivity contribution in [1.29, 1.82) is 0 Å². The number of urea groups is 1. The molecule has 1 saturated heterocycles. The van der Waals surface area contributed by atoms with Crippen molar-refractivity contribution in [2.45, 2.75) is 45.2 Å². The number of aliphatic hydroxyl groups excluding tert-OH is 1. The Kier molecular flexibility index (Phi) is 5.38. The van der Waals surface area contributed by atoms with E-state index in [1.165, 1.54) is 0 Å². The Morgan fingerprint density at radius 2 is 2.12 bits per heavy atom. The summed E-state index contributed by atoms with van der Waals surface area (Å²) in [5.41, 5.74) is 3.01. The monoisotopic (exact) mass is 342 g/mol. The molecule has 2 N–H and O–H groups in total. The number of likely N-dealkylation sites (tertiary alicyclic amines) is 1. The van der Waals surface area contributed by atoms with Crippen molar-refractivity contribution in [3.63, 3.8) is 0 Å². The van der Waals surface area contributed by atoms with Gasteiger partial charge >= 0.3 is 6.03 Å². The van der Waals surface area contributed by atoms with E-state index in [4.69, 9.17) is 5.10 Å². The third-order valence-electron chi connectivity index (χ3n) is 4.67. The van der Waals surface area contributed by atoms with E-state index in [-0.39, 0.29) is 24.6 Å². The van der Waals surface area contributed by atoms with E-state index in [0.717, 1.165) is 29.8 Å². The van der Waals surface area contributed by atoms with E-state index in [9.17, 15) is 9.90 Å². The molecule has 0 aliphatic carbocycles. The molecule has 134 valence electrons. The van der Waals surface area contributed by atoms with Crippen LogP contribution in [0, 0.1) is 0 Å². The Hall–Kier alpha value is -2.34. The van der Waals surface area contributed by atoms with E-state index in [1.807, 2.05) is 41.2 Å². The van der Waals surface area contributed by atoms with Crippen molar-refractivity contribution in [2.24, 2.45) is 0 Å². The average Bonchev–Trinajstić information content (AvgIpc) is 3.27. The van der Waals surface area contributed by atoms with Crippen LogP contribution in [0.2, 0.25) is 0 Å². The van der Waals surface area contributed by atoms with E-state index in [0.29, 0.717) is 13.1 Å².